The van der Waals surface area contributed by atoms with E-state index < -0.39 is 5.91 Å². The zero-order valence-corrected chi connectivity index (χ0v) is 19.7. The Hall–Kier alpha value is -4.15. The lowest BCUT2D eigenvalue weighted by molar-refractivity contribution is 0.0929. The van der Waals surface area contributed by atoms with Gasteiger partial charge in [0.2, 0.25) is 0 Å². The lowest BCUT2D eigenvalue weighted by atomic mass is 10.1. The minimum Gasteiger partial charge on any atom is -0.487 e. The minimum absolute atomic E-state index is 0.188. The first-order chi connectivity index (χ1) is 16.6. The van der Waals surface area contributed by atoms with E-state index in [1.54, 1.807) is 30.5 Å². The molecule has 6 nitrogen and oxygen atoms in total. The number of rotatable bonds is 8. The van der Waals surface area contributed by atoms with Gasteiger partial charge in [0.1, 0.15) is 17.9 Å². The summed E-state index contributed by atoms with van der Waals surface area (Å²) in [6.45, 7) is 4.08. The number of allylic oxidation sites excluding steroid dienone is 1. The predicted octanol–water partition coefficient (Wildman–Crippen LogP) is 6.14. The van der Waals surface area contributed by atoms with Gasteiger partial charge in [0, 0.05) is 10.9 Å². The Morgan fingerprint density at radius 1 is 1.15 bits per heavy atom. The Balaban J connectivity index is 1.49. The number of nitrogens with one attached hydrogen (secondary N) is 1. The lowest BCUT2D eigenvalue weighted by Crippen LogP contribution is -2.16. The van der Waals surface area contributed by atoms with E-state index in [4.69, 9.17) is 9.15 Å². The fourth-order valence-electron chi connectivity index (χ4n) is 3.44. The van der Waals surface area contributed by atoms with E-state index in [1.807, 2.05) is 48.5 Å². The van der Waals surface area contributed by atoms with Crippen molar-refractivity contribution in [2.45, 2.75) is 13.0 Å². The van der Waals surface area contributed by atoms with Crippen LogP contribution < -0.4 is 10.2 Å². The molecule has 0 spiro atoms. The molecule has 0 aliphatic rings. The van der Waals surface area contributed by atoms with Crippen LogP contribution in [0.2, 0.25) is 0 Å². The summed E-state index contributed by atoms with van der Waals surface area (Å²) in [7, 11) is 0. The summed E-state index contributed by atoms with van der Waals surface area (Å²) < 4.78 is 12.3. The van der Waals surface area contributed by atoms with Crippen LogP contribution in [0.5, 0.6) is 5.75 Å². The number of nitrogens with zero attached hydrogens (tertiary/aromatic N) is 2. The van der Waals surface area contributed by atoms with Crippen molar-refractivity contribution in [3.8, 4) is 11.8 Å². The van der Waals surface area contributed by atoms with Crippen molar-refractivity contribution in [2.24, 2.45) is 5.10 Å². The molecule has 1 heterocycles. The Morgan fingerprint density at radius 3 is 2.74 bits per heavy atom. The largest absolute Gasteiger partial charge is 0.487 e. The molecular weight excluding hydrogens is 494 g/mol. The number of carbonyl (C=O) groups excluding carboxylic acids is 1. The zero-order chi connectivity index (χ0) is 23.9. The molecule has 4 rings (SSSR count). The molecule has 34 heavy (non-hydrogen) atoms. The summed E-state index contributed by atoms with van der Waals surface area (Å²) >= 11 is 3.57. The highest BCUT2D eigenvalue weighted by molar-refractivity contribution is 9.10. The second-order valence-electron chi connectivity index (χ2n) is 7.39. The van der Waals surface area contributed by atoms with Crippen molar-refractivity contribution in [2.75, 3.05) is 0 Å². The van der Waals surface area contributed by atoms with Gasteiger partial charge in [-0.15, -0.1) is 6.58 Å². The molecule has 168 valence electrons. The number of nitriles is 1. The smallest absolute Gasteiger partial charge is 0.307 e. The molecule has 0 bridgehead atoms. The lowest BCUT2D eigenvalue weighted by Gasteiger charge is -2.14. The summed E-state index contributed by atoms with van der Waals surface area (Å²) in [6, 6.07) is 22.3. The van der Waals surface area contributed by atoms with Crippen molar-refractivity contribution in [3.63, 3.8) is 0 Å². The van der Waals surface area contributed by atoms with Gasteiger partial charge < -0.3 is 9.15 Å². The number of ether oxygens (including phenoxy) is 1. The van der Waals surface area contributed by atoms with Gasteiger partial charge in [-0.3, -0.25) is 4.79 Å². The third-order valence-electron chi connectivity index (χ3n) is 5.05. The SMILES string of the molecule is C=CCc1cc(/C=N/NC(=O)c2cc3ccccc3o2)cc(Br)c1OCc1ccccc1C#N. The number of para-hydroxylation sites is 1. The number of carbonyl (C=O) groups is 1. The molecule has 0 aliphatic carbocycles. The molecule has 0 fully saturated rings. The molecule has 0 atom stereocenters. The van der Waals surface area contributed by atoms with E-state index in [0.717, 1.165) is 26.5 Å². The van der Waals surface area contributed by atoms with E-state index in [9.17, 15) is 10.1 Å². The fraction of sp³-hybridized carbons (Fsp3) is 0.0741. The second-order valence-corrected chi connectivity index (χ2v) is 8.24. The van der Waals surface area contributed by atoms with Crippen LogP contribution in [-0.2, 0) is 13.0 Å². The van der Waals surface area contributed by atoms with Crippen LogP contribution in [0.4, 0.5) is 0 Å². The molecule has 4 aromatic rings. The Labute approximate surface area is 205 Å². The maximum atomic E-state index is 12.4. The number of hydrazone groups is 1. The number of fused-ring (bicyclic) bond motifs is 1. The molecule has 7 heteroatoms. The van der Waals surface area contributed by atoms with Crippen LogP contribution in [0.1, 0.15) is 32.8 Å². The molecule has 0 unspecified atom stereocenters. The highest BCUT2D eigenvalue weighted by Crippen LogP contribution is 2.32. The van der Waals surface area contributed by atoms with Crippen molar-refractivity contribution < 1.29 is 13.9 Å². The normalized spacial score (nSPS) is 10.8. The molecule has 1 N–H and O–H groups in total. The van der Waals surface area contributed by atoms with E-state index in [-0.39, 0.29) is 12.4 Å². The molecule has 0 saturated carbocycles. The Bertz CT molecular complexity index is 1400. The first-order valence-corrected chi connectivity index (χ1v) is 11.2. The highest BCUT2D eigenvalue weighted by atomic mass is 79.9. The molecule has 0 aliphatic heterocycles. The number of furan rings is 1. The number of benzene rings is 3. The number of halogens is 1. The van der Waals surface area contributed by atoms with E-state index >= 15 is 0 Å². The monoisotopic (exact) mass is 513 g/mol. The average molecular weight is 514 g/mol. The Morgan fingerprint density at radius 2 is 1.94 bits per heavy atom. The molecule has 0 saturated heterocycles. The summed E-state index contributed by atoms with van der Waals surface area (Å²) in [5.41, 5.74) is 6.17. The van der Waals surface area contributed by atoms with Gasteiger partial charge in [-0.1, -0.05) is 42.5 Å². The van der Waals surface area contributed by atoms with Gasteiger partial charge >= 0.3 is 5.91 Å². The molecule has 0 radical (unpaired) electrons. The van der Waals surface area contributed by atoms with Crippen LogP contribution in [0.25, 0.3) is 11.0 Å². The van der Waals surface area contributed by atoms with Crippen LogP contribution in [0, 0.1) is 11.3 Å². The topological polar surface area (TPSA) is 87.6 Å². The number of amides is 1. The molecular formula is C27H20BrN3O3. The first-order valence-electron chi connectivity index (χ1n) is 10.4. The van der Waals surface area contributed by atoms with Crippen LogP contribution in [0.15, 0.2) is 93.4 Å². The second kappa shape index (κ2) is 10.6. The standard InChI is InChI=1S/C27H20BrN3O3/c1-2-7-20-12-18(13-23(28)26(20)33-17-22-10-4-3-9-21(22)15-29)16-30-31-27(32)25-14-19-8-5-6-11-24(19)34-25/h2-6,8-14,16H,1,7,17H2,(H,31,32)/b30-16+. The van der Waals surface area contributed by atoms with Gasteiger partial charge in [-0.25, -0.2) is 5.43 Å². The quantitative estimate of drug-likeness (QED) is 0.174. The third kappa shape index (κ3) is 5.25. The van der Waals surface area contributed by atoms with Crippen molar-refractivity contribution in [1.82, 2.24) is 5.43 Å². The highest BCUT2D eigenvalue weighted by Gasteiger charge is 2.13. The van der Waals surface area contributed by atoms with Gasteiger partial charge in [-0.05, 0) is 63.8 Å². The summed E-state index contributed by atoms with van der Waals surface area (Å²) in [5.74, 6) is 0.415. The number of hydrogen-bond donors (Lipinski definition) is 1. The molecule has 1 aromatic heterocycles. The van der Waals surface area contributed by atoms with Gasteiger partial charge in [0.25, 0.3) is 0 Å². The molecule has 1 amide bonds. The van der Waals surface area contributed by atoms with Crippen LogP contribution in [-0.4, -0.2) is 12.1 Å². The van der Waals surface area contributed by atoms with Crippen molar-refractivity contribution in [3.05, 3.63) is 112 Å². The van der Waals surface area contributed by atoms with E-state index in [0.29, 0.717) is 23.3 Å². The number of hydrogen-bond acceptors (Lipinski definition) is 5. The average Bonchev–Trinajstić information content (AvgIpc) is 3.28. The molecule has 3 aromatic carbocycles. The Kier molecular flexibility index (Phi) is 7.21. The van der Waals surface area contributed by atoms with E-state index in [2.05, 4.69) is 39.1 Å². The van der Waals surface area contributed by atoms with Crippen LogP contribution in [0.3, 0.4) is 0 Å². The first kappa shape index (κ1) is 23.0. The van der Waals surface area contributed by atoms with Crippen molar-refractivity contribution >= 4 is 39.0 Å². The predicted molar refractivity (Wildman–Crippen MR) is 135 cm³/mol. The van der Waals surface area contributed by atoms with Crippen LogP contribution >= 0.6 is 15.9 Å². The van der Waals surface area contributed by atoms with Gasteiger partial charge in [-0.2, -0.15) is 10.4 Å². The van der Waals surface area contributed by atoms with E-state index in [1.165, 1.54) is 0 Å². The minimum atomic E-state index is -0.436. The summed E-state index contributed by atoms with van der Waals surface area (Å²) in [6.07, 6.45) is 3.90. The maximum Gasteiger partial charge on any atom is 0.307 e. The summed E-state index contributed by atoms with van der Waals surface area (Å²) in [4.78, 5) is 12.4. The maximum absolute atomic E-state index is 12.4. The zero-order valence-electron chi connectivity index (χ0n) is 18.1. The van der Waals surface area contributed by atoms with Gasteiger partial charge in [0.15, 0.2) is 5.76 Å². The third-order valence-corrected chi connectivity index (χ3v) is 5.63. The fourth-order valence-corrected chi connectivity index (χ4v) is 4.07. The summed E-state index contributed by atoms with van der Waals surface area (Å²) in [5, 5.41) is 14.2. The van der Waals surface area contributed by atoms with Gasteiger partial charge in [0.05, 0.1) is 22.3 Å². The van der Waals surface area contributed by atoms with Crippen molar-refractivity contribution in [1.29, 1.82) is 5.26 Å².